The largest absolute Gasteiger partial charge is 0.497 e. The molecule has 2 fully saturated rings. The summed E-state index contributed by atoms with van der Waals surface area (Å²) in [5.74, 6) is 2.59. The van der Waals surface area contributed by atoms with Gasteiger partial charge in [-0.3, -0.25) is 4.79 Å². The van der Waals surface area contributed by atoms with Gasteiger partial charge in [0.05, 0.1) is 12.5 Å². The molecule has 0 spiro atoms. The Hall–Kier alpha value is -3.09. The molecule has 7 nitrogen and oxygen atoms in total. The van der Waals surface area contributed by atoms with Gasteiger partial charge in [-0.2, -0.15) is 4.98 Å². The number of aryl methyl sites for hydroxylation is 1. The van der Waals surface area contributed by atoms with E-state index >= 15 is 0 Å². The summed E-state index contributed by atoms with van der Waals surface area (Å²) < 4.78 is 11.1. The predicted molar refractivity (Wildman–Crippen MR) is 114 cm³/mol. The minimum absolute atomic E-state index is 0.0396. The number of hydrogen-bond acceptors (Lipinski definition) is 6. The lowest BCUT2D eigenvalue weighted by atomic mass is 9.98. The highest BCUT2D eigenvalue weighted by atomic mass is 16.5. The fourth-order valence-corrected chi connectivity index (χ4v) is 4.08. The molecule has 3 heterocycles. The maximum absolute atomic E-state index is 13.2. The molecule has 2 aromatic heterocycles. The van der Waals surface area contributed by atoms with Gasteiger partial charge in [-0.1, -0.05) is 12.1 Å². The highest BCUT2D eigenvalue weighted by molar-refractivity contribution is 5.95. The molecule has 156 valence electrons. The Kier molecular flexibility index (Phi) is 4.41. The SMILES string of the molecule is COc1cccc(C2CCN(C(=O)c3nc(NC4(C)CC4)c4cc(C)oc4n3)C2)c1. The number of hydrogen-bond donors (Lipinski definition) is 1. The van der Waals surface area contributed by atoms with E-state index < -0.39 is 0 Å². The Labute approximate surface area is 175 Å². The molecule has 0 radical (unpaired) electrons. The van der Waals surface area contributed by atoms with Crippen molar-refractivity contribution in [1.82, 2.24) is 14.9 Å². The van der Waals surface area contributed by atoms with E-state index in [0.29, 0.717) is 24.6 Å². The number of likely N-dealkylation sites (tertiary alicyclic amines) is 1. The van der Waals surface area contributed by atoms with Gasteiger partial charge < -0.3 is 19.4 Å². The van der Waals surface area contributed by atoms with Crippen LogP contribution in [0.15, 0.2) is 34.7 Å². The number of furan rings is 1. The monoisotopic (exact) mass is 406 g/mol. The second kappa shape index (κ2) is 7.00. The number of rotatable bonds is 5. The Morgan fingerprint density at radius 3 is 2.90 bits per heavy atom. The number of carbonyl (C=O) groups is 1. The predicted octanol–water partition coefficient (Wildman–Crippen LogP) is 4.13. The van der Waals surface area contributed by atoms with Crippen LogP contribution in [0.2, 0.25) is 0 Å². The molecule has 0 bridgehead atoms. The van der Waals surface area contributed by atoms with Crippen LogP contribution in [-0.2, 0) is 0 Å². The van der Waals surface area contributed by atoms with Gasteiger partial charge in [0, 0.05) is 24.5 Å². The third kappa shape index (κ3) is 3.49. The Bertz CT molecular complexity index is 1120. The van der Waals surface area contributed by atoms with E-state index in [0.717, 1.165) is 36.2 Å². The number of fused-ring (bicyclic) bond motifs is 1. The summed E-state index contributed by atoms with van der Waals surface area (Å²) in [5.41, 5.74) is 1.69. The van der Waals surface area contributed by atoms with Crippen molar-refractivity contribution in [2.24, 2.45) is 0 Å². The third-order valence-electron chi connectivity index (χ3n) is 6.17. The summed E-state index contributed by atoms with van der Waals surface area (Å²) in [6.45, 7) is 5.37. The minimum Gasteiger partial charge on any atom is -0.497 e. The van der Waals surface area contributed by atoms with Crippen LogP contribution in [0.1, 0.15) is 54.0 Å². The maximum atomic E-state index is 13.2. The van der Waals surface area contributed by atoms with Crippen LogP contribution in [0.4, 0.5) is 5.82 Å². The molecule has 2 aliphatic rings. The Balaban J connectivity index is 1.40. The normalized spacial score (nSPS) is 19.8. The number of amides is 1. The highest BCUT2D eigenvalue weighted by Gasteiger charge is 2.38. The lowest BCUT2D eigenvalue weighted by Crippen LogP contribution is -2.30. The number of nitrogens with one attached hydrogen (secondary N) is 1. The summed E-state index contributed by atoms with van der Waals surface area (Å²) in [6.07, 6.45) is 3.09. The highest BCUT2D eigenvalue weighted by Crippen LogP contribution is 2.39. The molecular weight excluding hydrogens is 380 g/mol. The van der Waals surface area contributed by atoms with Crippen LogP contribution in [0.3, 0.4) is 0 Å². The lowest BCUT2D eigenvalue weighted by molar-refractivity contribution is 0.0779. The van der Waals surface area contributed by atoms with Gasteiger partial charge in [0.15, 0.2) is 0 Å². The first kappa shape index (κ1) is 18.9. The van der Waals surface area contributed by atoms with Gasteiger partial charge in [-0.15, -0.1) is 0 Å². The van der Waals surface area contributed by atoms with Crippen molar-refractivity contribution in [1.29, 1.82) is 0 Å². The number of ether oxygens (including phenoxy) is 1. The Morgan fingerprint density at radius 2 is 2.13 bits per heavy atom. The molecule has 1 atom stereocenters. The average Bonchev–Trinajstić information content (AvgIpc) is 3.14. The first-order valence-electron chi connectivity index (χ1n) is 10.4. The molecule has 1 saturated carbocycles. The summed E-state index contributed by atoms with van der Waals surface area (Å²) in [4.78, 5) is 24.1. The van der Waals surface area contributed by atoms with E-state index in [-0.39, 0.29) is 23.2 Å². The molecule has 3 aromatic rings. The van der Waals surface area contributed by atoms with Crippen LogP contribution >= 0.6 is 0 Å². The average molecular weight is 406 g/mol. The van der Waals surface area contributed by atoms with Crippen LogP contribution in [0.5, 0.6) is 5.75 Å². The smallest absolute Gasteiger partial charge is 0.291 e. The minimum atomic E-state index is -0.152. The number of methoxy groups -OCH3 is 1. The number of aromatic nitrogens is 2. The van der Waals surface area contributed by atoms with Crippen LogP contribution in [-0.4, -0.2) is 46.5 Å². The van der Waals surface area contributed by atoms with E-state index in [9.17, 15) is 4.79 Å². The number of benzene rings is 1. The molecule has 5 rings (SSSR count). The summed E-state index contributed by atoms with van der Waals surface area (Å²) in [5, 5.41) is 4.31. The molecule has 1 saturated heterocycles. The van der Waals surface area contributed by atoms with Crippen molar-refractivity contribution in [2.75, 3.05) is 25.5 Å². The summed E-state index contributed by atoms with van der Waals surface area (Å²) in [7, 11) is 1.67. The van der Waals surface area contributed by atoms with Crippen LogP contribution < -0.4 is 10.1 Å². The zero-order valence-electron chi connectivity index (χ0n) is 17.6. The molecule has 30 heavy (non-hydrogen) atoms. The molecule has 1 unspecified atom stereocenters. The Morgan fingerprint density at radius 1 is 1.30 bits per heavy atom. The second-order valence-corrected chi connectivity index (χ2v) is 8.67. The topological polar surface area (TPSA) is 80.5 Å². The quantitative estimate of drug-likeness (QED) is 0.686. The van der Waals surface area contributed by atoms with Gasteiger partial charge in [0.1, 0.15) is 17.3 Å². The first-order chi connectivity index (χ1) is 14.4. The molecule has 7 heteroatoms. The van der Waals surface area contributed by atoms with E-state index in [1.807, 2.05) is 36.1 Å². The molecular formula is C23H26N4O3. The van der Waals surface area contributed by atoms with Crippen molar-refractivity contribution in [3.8, 4) is 5.75 Å². The van der Waals surface area contributed by atoms with Gasteiger partial charge in [-0.25, -0.2) is 4.98 Å². The fraction of sp³-hybridized carbons (Fsp3) is 0.435. The third-order valence-corrected chi connectivity index (χ3v) is 6.17. The maximum Gasteiger partial charge on any atom is 0.291 e. The second-order valence-electron chi connectivity index (χ2n) is 8.67. The standard InChI is InChI=1S/C23H26N4O3/c1-14-11-18-19(26-23(2)8-9-23)24-20(25-21(18)30-14)22(28)27-10-7-16(13-27)15-5-4-6-17(12-15)29-3/h4-6,11-12,16H,7-10,13H2,1-3H3,(H,24,25,26). The zero-order valence-corrected chi connectivity index (χ0v) is 17.6. The van der Waals surface area contributed by atoms with Crippen molar-refractivity contribution >= 4 is 22.8 Å². The molecule has 1 aliphatic heterocycles. The van der Waals surface area contributed by atoms with Crippen molar-refractivity contribution in [3.63, 3.8) is 0 Å². The van der Waals surface area contributed by atoms with Crippen LogP contribution in [0.25, 0.3) is 11.1 Å². The number of anilines is 1. The van der Waals surface area contributed by atoms with Crippen molar-refractivity contribution in [3.05, 3.63) is 47.5 Å². The number of nitrogens with zero attached hydrogens (tertiary/aromatic N) is 3. The van der Waals surface area contributed by atoms with Gasteiger partial charge in [-0.05, 0) is 56.9 Å². The molecule has 1 aromatic carbocycles. The van der Waals surface area contributed by atoms with E-state index in [1.165, 1.54) is 5.56 Å². The van der Waals surface area contributed by atoms with E-state index in [1.54, 1.807) is 7.11 Å². The van der Waals surface area contributed by atoms with Gasteiger partial charge >= 0.3 is 0 Å². The summed E-state index contributed by atoms with van der Waals surface area (Å²) >= 11 is 0. The van der Waals surface area contributed by atoms with E-state index in [4.69, 9.17) is 9.15 Å². The zero-order chi connectivity index (χ0) is 20.9. The van der Waals surface area contributed by atoms with Crippen molar-refractivity contribution in [2.45, 2.75) is 44.6 Å². The van der Waals surface area contributed by atoms with E-state index in [2.05, 4.69) is 28.3 Å². The molecule has 1 amide bonds. The molecule has 1 aliphatic carbocycles. The number of carbonyl (C=O) groups excluding carboxylic acids is 1. The van der Waals surface area contributed by atoms with Crippen molar-refractivity contribution < 1.29 is 13.9 Å². The lowest BCUT2D eigenvalue weighted by Gasteiger charge is -2.17. The first-order valence-corrected chi connectivity index (χ1v) is 10.4. The van der Waals surface area contributed by atoms with Crippen LogP contribution in [0, 0.1) is 6.92 Å². The summed E-state index contributed by atoms with van der Waals surface area (Å²) in [6, 6.07) is 9.99. The van der Waals surface area contributed by atoms with Gasteiger partial charge in [0.25, 0.3) is 5.91 Å². The molecule has 1 N–H and O–H groups in total. The fourth-order valence-electron chi connectivity index (χ4n) is 4.08. The van der Waals surface area contributed by atoms with Gasteiger partial charge in [0.2, 0.25) is 11.5 Å².